The van der Waals surface area contributed by atoms with Crippen molar-refractivity contribution in [1.29, 1.82) is 0 Å². The maximum Gasteiger partial charge on any atom is 0.339 e. The van der Waals surface area contributed by atoms with E-state index in [0.29, 0.717) is 17.9 Å². The summed E-state index contributed by atoms with van der Waals surface area (Å²) in [6.07, 6.45) is 5.80. The standard InChI is InChI=1S/C17H19I3O4/c18-11-7-13(16(20)14(19)8-11)17(23)24-12(9-15(21)22)6-10-4-2-1-3-5-10/h7-8,10,12H,1-6,9H2,(H,21,22). The van der Waals surface area contributed by atoms with Crippen LogP contribution in [-0.2, 0) is 9.53 Å². The van der Waals surface area contributed by atoms with E-state index in [4.69, 9.17) is 9.84 Å². The van der Waals surface area contributed by atoms with Gasteiger partial charge in [-0.15, -0.1) is 0 Å². The Balaban J connectivity index is 2.10. The number of halogens is 3. The molecule has 1 aliphatic rings. The van der Waals surface area contributed by atoms with Crippen LogP contribution in [0.25, 0.3) is 0 Å². The minimum Gasteiger partial charge on any atom is -0.481 e. The van der Waals surface area contributed by atoms with Crippen LogP contribution >= 0.6 is 67.8 Å². The summed E-state index contributed by atoms with van der Waals surface area (Å²) in [6, 6.07) is 3.79. The Labute approximate surface area is 182 Å². The first kappa shape index (κ1) is 20.7. The Morgan fingerprint density at radius 1 is 1.17 bits per heavy atom. The Hall–Kier alpha value is 0.350. The van der Waals surface area contributed by atoms with E-state index in [1.54, 1.807) is 6.07 Å². The average molecular weight is 668 g/mol. The number of esters is 1. The van der Waals surface area contributed by atoms with Crippen molar-refractivity contribution in [3.05, 3.63) is 28.4 Å². The lowest BCUT2D eigenvalue weighted by Gasteiger charge is -2.26. The fraction of sp³-hybridized carbons (Fsp3) is 0.529. The third-order valence-corrected chi connectivity index (χ3v) is 7.88. The van der Waals surface area contributed by atoms with Crippen molar-refractivity contribution in [2.45, 2.75) is 51.0 Å². The van der Waals surface area contributed by atoms with Crippen LogP contribution in [0.15, 0.2) is 12.1 Å². The number of hydrogen-bond acceptors (Lipinski definition) is 3. The highest BCUT2D eigenvalue weighted by Crippen LogP contribution is 2.30. The van der Waals surface area contributed by atoms with Crippen molar-refractivity contribution in [3.8, 4) is 0 Å². The lowest BCUT2D eigenvalue weighted by molar-refractivity contribution is -0.139. The number of benzene rings is 1. The lowest BCUT2D eigenvalue weighted by atomic mass is 9.85. The third kappa shape index (κ3) is 6.26. The van der Waals surface area contributed by atoms with Crippen LogP contribution in [0.3, 0.4) is 0 Å². The van der Waals surface area contributed by atoms with Crippen LogP contribution in [0.5, 0.6) is 0 Å². The Morgan fingerprint density at radius 3 is 2.46 bits per heavy atom. The number of carbonyl (C=O) groups is 2. The lowest BCUT2D eigenvalue weighted by Crippen LogP contribution is -2.26. The molecule has 132 valence electrons. The zero-order valence-corrected chi connectivity index (χ0v) is 19.5. The Bertz CT molecular complexity index is 612. The summed E-state index contributed by atoms with van der Waals surface area (Å²) in [6.45, 7) is 0. The van der Waals surface area contributed by atoms with E-state index in [9.17, 15) is 9.59 Å². The molecule has 0 radical (unpaired) electrons. The molecule has 2 rings (SSSR count). The largest absolute Gasteiger partial charge is 0.481 e. The smallest absolute Gasteiger partial charge is 0.339 e. The van der Waals surface area contributed by atoms with Gasteiger partial charge in [-0.1, -0.05) is 32.1 Å². The third-order valence-electron chi connectivity index (χ3n) is 4.21. The van der Waals surface area contributed by atoms with E-state index in [-0.39, 0.29) is 6.42 Å². The minimum atomic E-state index is -0.921. The molecule has 0 saturated heterocycles. The van der Waals surface area contributed by atoms with E-state index >= 15 is 0 Å². The van der Waals surface area contributed by atoms with Gasteiger partial charge in [0, 0.05) is 10.7 Å². The van der Waals surface area contributed by atoms with Crippen molar-refractivity contribution < 1.29 is 19.4 Å². The zero-order chi connectivity index (χ0) is 17.7. The molecule has 1 aliphatic carbocycles. The maximum absolute atomic E-state index is 12.6. The van der Waals surface area contributed by atoms with Gasteiger partial charge in [-0.2, -0.15) is 0 Å². The van der Waals surface area contributed by atoms with Crippen molar-refractivity contribution in [1.82, 2.24) is 0 Å². The van der Waals surface area contributed by atoms with E-state index in [1.165, 1.54) is 19.3 Å². The first-order valence-corrected chi connectivity index (χ1v) is 11.2. The fourth-order valence-electron chi connectivity index (χ4n) is 3.08. The average Bonchev–Trinajstić information content (AvgIpc) is 2.51. The number of carboxylic acids is 1. The highest BCUT2D eigenvalue weighted by Gasteiger charge is 2.25. The highest BCUT2D eigenvalue weighted by atomic mass is 127. The summed E-state index contributed by atoms with van der Waals surface area (Å²) < 4.78 is 8.42. The molecule has 0 spiro atoms. The monoisotopic (exact) mass is 668 g/mol. The molecule has 24 heavy (non-hydrogen) atoms. The molecule has 0 amide bonds. The number of carbonyl (C=O) groups excluding carboxylic acids is 1. The van der Waals surface area contributed by atoms with Crippen LogP contribution in [0.2, 0.25) is 0 Å². The summed E-state index contributed by atoms with van der Waals surface area (Å²) in [7, 11) is 0. The second-order valence-electron chi connectivity index (χ2n) is 6.11. The highest BCUT2D eigenvalue weighted by molar-refractivity contribution is 14.1. The normalized spacial score (nSPS) is 16.6. The summed E-state index contributed by atoms with van der Waals surface area (Å²) >= 11 is 6.50. The van der Waals surface area contributed by atoms with E-state index in [0.717, 1.165) is 23.6 Å². The van der Waals surface area contributed by atoms with Gasteiger partial charge >= 0.3 is 11.9 Å². The summed E-state index contributed by atoms with van der Waals surface area (Å²) in [5.41, 5.74) is 0.519. The van der Waals surface area contributed by atoms with Crippen molar-refractivity contribution in [3.63, 3.8) is 0 Å². The fourth-order valence-corrected chi connectivity index (χ4v) is 5.46. The molecule has 1 atom stereocenters. The number of rotatable bonds is 6. The van der Waals surface area contributed by atoms with Gasteiger partial charge in [0.25, 0.3) is 0 Å². The van der Waals surface area contributed by atoms with Gasteiger partial charge in [0.15, 0.2) is 0 Å². The molecule has 1 saturated carbocycles. The second kappa shape index (κ2) is 9.89. The number of hydrogen-bond donors (Lipinski definition) is 1. The van der Waals surface area contributed by atoms with Crippen molar-refractivity contribution in [2.75, 3.05) is 0 Å². The summed E-state index contributed by atoms with van der Waals surface area (Å²) in [4.78, 5) is 23.7. The van der Waals surface area contributed by atoms with Crippen molar-refractivity contribution in [2.24, 2.45) is 5.92 Å². The van der Waals surface area contributed by atoms with Crippen LogP contribution in [0.1, 0.15) is 55.3 Å². The van der Waals surface area contributed by atoms with Crippen molar-refractivity contribution >= 4 is 79.7 Å². The molecule has 0 heterocycles. The summed E-state index contributed by atoms with van der Waals surface area (Å²) in [5, 5.41) is 9.14. The molecule has 1 aromatic rings. The molecule has 1 N–H and O–H groups in total. The van der Waals surface area contributed by atoms with E-state index in [2.05, 4.69) is 67.8 Å². The first-order chi connectivity index (χ1) is 11.4. The summed E-state index contributed by atoms with van der Waals surface area (Å²) in [5.74, 6) is -0.876. The zero-order valence-electron chi connectivity index (χ0n) is 13.1. The molecule has 7 heteroatoms. The van der Waals surface area contributed by atoms with E-state index < -0.39 is 18.0 Å². The number of ether oxygens (including phenoxy) is 1. The SMILES string of the molecule is O=C(O)CC(CC1CCCCC1)OC(=O)c1cc(I)cc(I)c1I. The molecule has 0 aliphatic heterocycles. The topological polar surface area (TPSA) is 63.6 Å². The van der Waals surface area contributed by atoms with Crippen LogP contribution in [-0.4, -0.2) is 23.1 Å². The molecule has 1 unspecified atom stereocenters. The molecule has 1 fully saturated rings. The van der Waals surface area contributed by atoms with Crippen LogP contribution in [0, 0.1) is 16.6 Å². The minimum absolute atomic E-state index is 0.125. The number of aliphatic carboxylic acids is 1. The Morgan fingerprint density at radius 2 is 1.83 bits per heavy atom. The Kier molecular flexibility index (Phi) is 8.51. The molecule has 4 nitrogen and oxygen atoms in total. The molecule has 0 bridgehead atoms. The van der Waals surface area contributed by atoms with E-state index in [1.807, 2.05) is 6.07 Å². The molecule has 0 aromatic heterocycles. The van der Waals surface area contributed by atoms with Crippen LogP contribution in [0.4, 0.5) is 0 Å². The predicted molar refractivity (Wildman–Crippen MR) is 117 cm³/mol. The van der Waals surface area contributed by atoms with Gasteiger partial charge in [-0.25, -0.2) is 4.79 Å². The van der Waals surface area contributed by atoms with Gasteiger partial charge in [-0.05, 0) is 92.2 Å². The molecular weight excluding hydrogens is 649 g/mol. The molecular formula is C17H19I3O4. The van der Waals surface area contributed by atoms with Gasteiger partial charge in [-0.3, -0.25) is 4.79 Å². The van der Waals surface area contributed by atoms with Crippen LogP contribution < -0.4 is 0 Å². The van der Waals surface area contributed by atoms with Gasteiger partial charge < -0.3 is 9.84 Å². The number of carboxylic acid groups (broad SMARTS) is 1. The van der Waals surface area contributed by atoms with Gasteiger partial charge in [0.1, 0.15) is 6.10 Å². The van der Waals surface area contributed by atoms with Gasteiger partial charge in [0.05, 0.1) is 12.0 Å². The van der Waals surface area contributed by atoms with Gasteiger partial charge in [0.2, 0.25) is 0 Å². The first-order valence-electron chi connectivity index (χ1n) is 7.94. The second-order valence-corrected chi connectivity index (χ2v) is 9.60. The molecule has 1 aromatic carbocycles. The predicted octanol–water partition coefficient (Wildman–Crippen LogP) is 5.47. The maximum atomic E-state index is 12.6. The quantitative estimate of drug-likeness (QED) is 0.248.